The lowest BCUT2D eigenvalue weighted by molar-refractivity contribution is -0.125. The number of aromatic nitrogens is 2. The van der Waals surface area contributed by atoms with Crippen molar-refractivity contribution in [2.24, 2.45) is 5.92 Å². The molecule has 1 unspecified atom stereocenters. The number of piperidine rings is 1. The van der Waals surface area contributed by atoms with Gasteiger partial charge in [-0.25, -0.2) is 4.39 Å². The molecule has 6 nitrogen and oxygen atoms in total. The maximum absolute atomic E-state index is 13.0. The van der Waals surface area contributed by atoms with Crippen LogP contribution in [0.3, 0.4) is 0 Å². The molecule has 31 heavy (non-hydrogen) atoms. The summed E-state index contributed by atoms with van der Waals surface area (Å²) in [6.45, 7) is 1.82. The second kappa shape index (κ2) is 9.55. The number of para-hydroxylation sites is 1. The van der Waals surface area contributed by atoms with E-state index >= 15 is 0 Å². The van der Waals surface area contributed by atoms with Crippen LogP contribution in [0.25, 0.3) is 11.3 Å². The van der Waals surface area contributed by atoms with Crippen molar-refractivity contribution >= 4 is 11.7 Å². The quantitative estimate of drug-likeness (QED) is 0.657. The van der Waals surface area contributed by atoms with E-state index in [0.29, 0.717) is 13.1 Å². The lowest BCUT2D eigenvalue weighted by atomic mass is 9.97. The summed E-state index contributed by atoms with van der Waals surface area (Å²) in [5, 5.41) is 11.8. The van der Waals surface area contributed by atoms with Crippen LogP contribution in [0.5, 0.6) is 5.75 Å². The third-order valence-corrected chi connectivity index (χ3v) is 5.53. The predicted octanol–water partition coefficient (Wildman–Crippen LogP) is 3.82. The number of carbonyl (C=O) groups excluding carboxylic acids is 1. The number of ether oxygens (including phenoxy) is 1. The first-order valence-electron chi connectivity index (χ1n) is 10.4. The molecule has 2 heterocycles. The highest BCUT2D eigenvalue weighted by atomic mass is 19.1. The van der Waals surface area contributed by atoms with Gasteiger partial charge in [-0.2, -0.15) is 0 Å². The monoisotopic (exact) mass is 420 g/mol. The molecule has 1 saturated heterocycles. The van der Waals surface area contributed by atoms with Crippen LogP contribution >= 0.6 is 0 Å². The van der Waals surface area contributed by atoms with Gasteiger partial charge in [0.25, 0.3) is 0 Å². The molecule has 0 saturated carbocycles. The molecule has 0 spiro atoms. The molecule has 3 aromatic rings. The lowest BCUT2D eigenvalue weighted by Crippen LogP contribution is -2.43. The summed E-state index contributed by atoms with van der Waals surface area (Å²) in [5.74, 6) is 1.11. The van der Waals surface area contributed by atoms with Gasteiger partial charge in [0.05, 0.1) is 18.7 Å². The molecule has 1 aliphatic heterocycles. The van der Waals surface area contributed by atoms with Crippen molar-refractivity contribution < 1.29 is 13.9 Å². The number of rotatable bonds is 6. The summed E-state index contributed by atoms with van der Waals surface area (Å²) < 4.78 is 18.4. The molecule has 4 rings (SSSR count). The SMILES string of the molecule is COc1ccccc1-c1ccc(N2CCCC(C(=O)NCc3ccc(F)cc3)C2)nn1. The zero-order valence-electron chi connectivity index (χ0n) is 17.4. The van der Waals surface area contributed by atoms with E-state index in [-0.39, 0.29) is 17.6 Å². The Morgan fingerprint density at radius 3 is 2.68 bits per heavy atom. The first-order valence-corrected chi connectivity index (χ1v) is 10.4. The summed E-state index contributed by atoms with van der Waals surface area (Å²) in [7, 11) is 1.63. The minimum atomic E-state index is -0.282. The van der Waals surface area contributed by atoms with E-state index in [1.165, 1.54) is 12.1 Å². The molecule has 2 aromatic carbocycles. The average molecular weight is 420 g/mol. The van der Waals surface area contributed by atoms with Gasteiger partial charge in [-0.15, -0.1) is 10.2 Å². The van der Waals surface area contributed by atoms with E-state index in [1.54, 1.807) is 19.2 Å². The first-order chi connectivity index (χ1) is 15.1. The second-order valence-electron chi connectivity index (χ2n) is 7.61. The second-order valence-corrected chi connectivity index (χ2v) is 7.61. The largest absolute Gasteiger partial charge is 0.496 e. The molecular formula is C24H25FN4O2. The number of methoxy groups -OCH3 is 1. The molecule has 1 fully saturated rings. The lowest BCUT2D eigenvalue weighted by Gasteiger charge is -2.32. The molecule has 7 heteroatoms. The molecule has 1 aliphatic rings. The Hall–Kier alpha value is -3.48. The van der Waals surface area contributed by atoms with Crippen LogP contribution in [0.15, 0.2) is 60.7 Å². The van der Waals surface area contributed by atoms with Crippen LogP contribution in [0.2, 0.25) is 0 Å². The fraction of sp³-hybridized carbons (Fsp3) is 0.292. The smallest absolute Gasteiger partial charge is 0.225 e. The molecule has 0 aliphatic carbocycles. The molecule has 0 bridgehead atoms. The van der Waals surface area contributed by atoms with Crippen molar-refractivity contribution in [3.63, 3.8) is 0 Å². The summed E-state index contributed by atoms with van der Waals surface area (Å²) in [6.07, 6.45) is 1.74. The number of hydrogen-bond acceptors (Lipinski definition) is 5. The van der Waals surface area contributed by atoms with Gasteiger partial charge in [-0.1, -0.05) is 24.3 Å². The molecular weight excluding hydrogens is 395 g/mol. The van der Waals surface area contributed by atoms with Crippen LogP contribution in [-0.4, -0.2) is 36.3 Å². The Morgan fingerprint density at radius 1 is 1.13 bits per heavy atom. The Bertz CT molecular complexity index is 1020. The summed E-state index contributed by atoms with van der Waals surface area (Å²) >= 11 is 0. The maximum Gasteiger partial charge on any atom is 0.225 e. The van der Waals surface area contributed by atoms with E-state index in [4.69, 9.17) is 4.74 Å². The van der Waals surface area contributed by atoms with Crippen molar-refractivity contribution in [2.45, 2.75) is 19.4 Å². The van der Waals surface area contributed by atoms with Crippen LogP contribution < -0.4 is 15.0 Å². The van der Waals surface area contributed by atoms with E-state index < -0.39 is 0 Å². The highest BCUT2D eigenvalue weighted by Gasteiger charge is 2.26. The standard InChI is InChI=1S/C24H25FN4O2/c1-31-22-7-3-2-6-20(22)21-12-13-23(28-27-21)29-14-4-5-18(16-29)24(30)26-15-17-8-10-19(25)11-9-17/h2-3,6-13,18H,4-5,14-16H2,1H3,(H,26,30). The molecule has 1 atom stereocenters. The fourth-order valence-corrected chi connectivity index (χ4v) is 3.83. The minimum absolute atomic E-state index is 0.00706. The Labute approximate surface area is 181 Å². The van der Waals surface area contributed by atoms with Crippen LogP contribution in [0.4, 0.5) is 10.2 Å². The van der Waals surface area contributed by atoms with Crippen molar-refractivity contribution in [3.05, 3.63) is 72.0 Å². The average Bonchev–Trinajstić information content (AvgIpc) is 2.83. The minimum Gasteiger partial charge on any atom is -0.496 e. The van der Waals surface area contributed by atoms with Gasteiger partial charge >= 0.3 is 0 Å². The number of carbonyl (C=O) groups is 1. The third-order valence-electron chi connectivity index (χ3n) is 5.53. The Kier molecular flexibility index (Phi) is 6.40. The van der Waals surface area contributed by atoms with Crippen molar-refractivity contribution in [1.82, 2.24) is 15.5 Å². The maximum atomic E-state index is 13.0. The number of anilines is 1. The summed E-state index contributed by atoms with van der Waals surface area (Å²) in [6, 6.07) is 17.7. The molecule has 0 radical (unpaired) electrons. The zero-order chi connectivity index (χ0) is 21.6. The van der Waals surface area contributed by atoms with E-state index in [0.717, 1.165) is 47.8 Å². The number of benzene rings is 2. The van der Waals surface area contributed by atoms with Gasteiger partial charge < -0.3 is 15.0 Å². The summed E-state index contributed by atoms with van der Waals surface area (Å²) in [4.78, 5) is 14.8. The van der Waals surface area contributed by atoms with E-state index in [1.807, 2.05) is 36.4 Å². The number of halogens is 1. The van der Waals surface area contributed by atoms with Gasteiger partial charge in [-0.05, 0) is 54.8 Å². The predicted molar refractivity (Wildman–Crippen MR) is 117 cm³/mol. The highest BCUT2D eigenvalue weighted by molar-refractivity contribution is 5.79. The van der Waals surface area contributed by atoms with Crippen molar-refractivity contribution in [1.29, 1.82) is 0 Å². The topological polar surface area (TPSA) is 67.3 Å². The van der Waals surface area contributed by atoms with Gasteiger partial charge in [0.15, 0.2) is 5.82 Å². The Balaban J connectivity index is 1.38. The number of amides is 1. The van der Waals surface area contributed by atoms with Crippen LogP contribution in [0, 0.1) is 11.7 Å². The highest BCUT2D eigenvalue weighted by Crippen LogP contribution is 2.29. The van der Waals surface area contributed by atoms with Gasteiger partial charge in [-0.3, -0.25) is 4.79 Å². The normalized spacial score (nSPS) is 16.1. The van der Waals surface area contributed by atoms with Crippen molar-refractivity contribution in [2.75, 3.05) is 25.1 Å². The molecule has 160 valence electrons. The first kappa shape index (κ1) is 20.8. The van der Waals surface area contributed by atoms with Gasteiger partial charge in [0, 0.05) is 25.2 Å². The van der Waals surface area contributed by atoms with Gasteiger partial charge in [0.1, 0.15) is 11.6 Å². The van der Waals surface area contributed by atoms with Crippen molar-refractivity contribution in [3.8, 4) is 17.0 Å². The Morgan fingerprint density at radius 2 is 1.94 bits per heavy atom. The third kappa shape index (κ3) is 4.99. The molecule has 1 N–H and O–H groups in total. The number of nitrogens with zero attached hydrogens (tertiary/aromatic N) is 3. The number of nitrogens with one attached hydrogen (secondary N) is 1. The summed E-state index contributed by atoms with van der Waals surface area (Å²) in [5.41, 5.74) is 2.51. The fourth-order valence-electron chi connectivity index (χ4n) is 3.83. The zero-order valence-corrected chi connectivity index (χ0v) is 17.4. The molecule has 1 amide bonds. The van der Waals surface area contributed by atoms with E-state index in [9.17, 15) is 9.18 Å². The van der Waals surface area contributed by atoms with E-state index in [2.05, 4.69) is 20.4 Å². The van der Waals surface area contributed by atoms with Gasteiger partial charge in [0.2, 0.25) is 5.91 Å². The van der Waals surface area contributed by atoms with Crippen LogP contribution in [0.1, 0.15) is 18.4 Å². The van der Waals surface area contributed by atoms with Crippen LogP contribution in [-0.2, 0) is 11.3 Å². The number of hydrogen-bond donors (Lipinski definition) is 1. The molecule has 1 aromatic heterocycles.